The topological polar surface area (TPSA) is 60.6 Å². The van der Waals surface area contributed by atoms with Crippen LogP contribution in [0.5, 0.6) is 0 Å². The lowest BCUT2D eigenvalue weighted by molar-refractivity contribution is 0.0302. The average molecular weight is 378 g/mol. The minimum atomic E-state index is 0.170. The Hall–Kier alpha value is -0.500. The van der Waals surface area contributed by atoms with Crippen molar-refractivity contribution in [2.75, 3.05) is 33.8 Å². The predicted octanol–water partition coefficient (Wildman–Crippen LogP) is 1.21. The van der Waals surface area contributed by atoms with Crippen molar-refractivity contribution in [3.8, 4) is 0 Å². The summed E-state index contributed by atoms with van der Waals surface area (Å²) in [6, 6.07) is 1.01. The molecule has 27 heavy (non-hydrogen) atoms. The van der Waals surface area contributed by atoms with E-state index in [2.05, 4.69) is 46.2 Å². The number of rotatable bonds is 4. The van der Waals surface area contributed by atoms with Gasteiger partial charge in [-0.15, -0.1) is 0 Å². The number of likely N-dealkylation sites (N-methyl/N-ethyl adjacent to an activating group) is 1. The molecule has 0 aromatic rings. The molecule has 2 saturated heterocycles. The molecule has 0 radical (unpaired) electrons. The van der Waals surface area contributed by atoms with E-state index >= 15 is 0 Å². The Balaban J connectivity index is 1.43. The third-order valence-corrected chi connectivity index (χ3v) is 7.14. The van der Waals surface area contributed by atoms with Crippen molar-refractivity contribution in [2.45, 2.75) is 76.1 Å². The van der Waals surface area contributed by atoms with Gasteiger partial charge in [-0.3, -0.25) is 16.0 Å². The third-order valence-electron chi connectivity index (χ3n) is 7.14. The molecule has 3 fully saturated rings. The van der Waals surface area contributed by atoms with Gasteiger partial charge in [0.1, 0.15) is 6.29 Å². The van der Waals surface area contributed by atoms with Crippen LogP contribution in [0.3, 0.4) is 0 Å². The Morgan fingerprint density at radius 1 is 1.22 bits per heavy atom. The third kappa shape index (κ3) is 4.74. The first kappa shape index (κ1) is 19.8. The molecule has 6 heteroatoms. The van der Waals surface area contributed by atoms with E-state index in [4.69, 9.17) is 4.74 Å². The van der Waals surface area contributed by atoms with E-state index in [9.17, 15) is 0 Å². The van der Waals surface area contributed by atoms with Crippen LogP contribution in [0.1, 0.15) is 45.4 Å². The predicted molar refractivity (Wildman–Crippen MR) is 109 cm³/mol. The van der Waals surface area contributed by atoms with Gasteiger partial charge in [0, 0.05) is 25.2 Å². The molecule has 7 atom stereocenters. The van der Waals surface area contributed by atoms with Gasteiger partial charge < -0.3 is 15.0 Å². The quantitative estimate of drug-likeness (QED) is 0.553. The van der Waals surface area contributed by atoms with Crippen molar-refractivity contribution in [3.63, 3.8) is 0 Å². The van der Waals surface area contributed by atoms with Crippen molar-refractivity contribution in [3.05, 3.63) is 11.6 Å². The minimum absolute atomic E-state index is 0.170. The van der Waals surface area contributed by atoms with E-state index in [0.29, 0.717) is 30.3 Å². The van der Waals surface area contributed by atoms with Crippen LogP contribution in [-0.4, -0.2) is 69.3 Å². The largest absolute Gasteiger partial charge is 0.378 e. The van der Waals surface area contributed by atoms with Crippen LogP contribution in [0.25, 0.3) is 0 Å². The number of allylic oxidation sites excluding steroid dienone is 1. The SMILES string of the molecule is CNC1CC(C)NC(NC2CC3OCCC3C(C3=CCN(C)CCC3)C2)N1. The summed E-state index contributed by atoms with van der Waals surface area (Å²) in [5.41, 5.74) is 1.71. The molecule has 3 heterocycles. The number of hydrogen-bond acceptors (Lipinski definition) is 6. The van der Waals surface area contributed by atoms with Gasteiger partial charge in [0.2, 0.25) is 0 Å². The van der Waals surface area contributed by atoms with E-state index in [-0.39, 0.29) is 6.29 Å². The Morgan fingerprint density at radius 2 is 2.11 bits per heavy atom. The molecule has 1 saturated carbocycles. The van der Waals surface area contributed by atoms with Crippen molar-refractivity contribution in [2.24, 2.45) is 11.8 Å². The lowest BCUT2D eigenvalue weighted by atomic mass is 9.70. The lowest BCUT2D eigenvalue weighted by Gasteiger charge is -2.43. The molecule has 3 aliphatic heterocycles. The molecule has 7 unspecified atom stereocenters. The van der Waals surface area contributed by atoms with Gasteiger partial charge in [0.15, 0.2) is 0 Å². The van der Waals surface area contributed by atoms with E-state index in [0.717, 1.165) is 31.9 Å². The van der Waals surface area contributed by atoms with Gasteiger partial charge in [0.05, 0.1) is 12.3 Å². The van der Waals surface area contributed by atoms with E-state index < -0.39 is 0 Å². The molecule has 0 spiro atoms. The van der Waals surface area contributed by atoms with E-state index in [1.54, 1.807) is 5.57 Å². The normalized spacial score (nSPS) is 43.8. The van der Waals surface area contributed by atoms with Crippen LogP contribution in [-0.2, 0) is 4.74 Å². The highest BCUT2D eigenvalue weighted by Crippen LogP contribution is 2.43. The van der Waals surface area contributed by atoms with Crippen LogP contribution in [0.4, 0.5) is 0 Å². The molecule has 4 N–H and O–H groups in total. The zero-order valence-electron chi connectivity index (χ0n) is 17.3. The molecule has 0 amide bonds. The lowest BCUT2D eigenvalue weighted by Crippen LogP contribution is -2.68. The molecule has 4 aliphatic rings. The number of nitrogens with zero attached hydrogens (tertiary/aromatic N) is 1. The Morgan fingerprint density at radius 3 is 2.96 bits per heavy atom. The zero-order valence-corrected chi connectivity index (χ0v) is 17.3. The number of nitrogens with one attached hydrogen (secondary N) is 4. The van der Waals surface area contributed by atoms with Crippen molar-refractivity contribution in [1.82, 2.24) is 26.2 Å². The van der Waals surface area contributed by atoms with Gasteiger partial charge in [0.25, 0.3) is 0 Å². The van der Waals surface area contributed by atoms with Crippen LogP contribution in [0, 0.1) is 11.8 Å². The van der Waals surface area contributed by atoms with Gasteiger partial charge in [-0.05, 0) is 77.9 Å². The fraction of sp³-hybridized carbons (Fsp3) is 0.905. The van der Waals surface area contributed by atoms with Crippen LogP contribution in [0.2, 0.25) is 0 Å². The summed E-state index contributed by atoms with van der Waals surface area (Å²) in [4.78, 5) is 2.45. The van der Waals surface area contributed by atoms with Crippen molar-refractivity contribution in [1.29, 1.82) is 0 Å². The summed E-state index contributed by atoms with van der Waals surface area (Å²) in [7, 11) is 4.28. The molecular weight excluding hydrogens is 338 g/mol. The Bertz CT molecular complexity index is 527. The number of ether oxygens (including phenoxy) is 1. The highest BCUT2D eigenvalue weighted by atomic mass is 16.5. The standard InChI is InChI=1S/C21H39N5O/c1-14-11-20(22-2)25-21(23-14)24-16-12-18(17-7-10-27-19(17)13-16)15-5-4-8-26(3)9-6-15/h6,14,16-25H,4-5,7-13H2,1-3H3. The van der Waals surface area contributed by atoms with E-state index in [1.165, 1.54) is 32.2 Å². The first-order valence-electron chi connectivity index (χ1n) is 11.1. The van der Waals surface area contributed by atoms with Crippen LogP contribution >= 0.6 is 0 Å². The fourth-order valence-corrected chi connectivity index (χ4v) is 5.70. The summed E-state index contributed by atoms with van der Waals surface area (Å²) in [5.74, 6) is 1.42. The summed E-state index contributed by atoms with van der Waals surface area (Å²) >= 11 is 0. The molecular formula is C21H39N5O. The first-order chi connectivity index (χ1) is 13.1. The molecule has 154 valence electrons. The Kier molecular flexibility index (Phi) is 6.52. The summed E-state index contributed by atoms with van der Waals surface area (Å²) in [6.07, 6.45) is 10.8. The molecule has 0 aromatic carbocycles. The van der Waals surface area contributed by atoms with Crippen molar-refractivity contribution < 1.29 is 4.74 Å². The Labute approximate surface area is 164 Å². The molecule has 4 rings (SSSR count). The van der Waals surface area contributed by atoms with Gasteiger partial charge >= 0.3 is 0 Å². The molecule has 0 bridgehead atoms. The van der Waals surface area contributed by atoms with Gasteiger partial charge in [-0.1, -0.05) is 11.6 Å². The number of fused-ring (bicyclic) bond motifs is 1. The number of hydrogen-bond donors (Lipinski definition) is 4. The molecule has 6 nitrogen and oxygen atoms in total. The molecule has 1 aliphatic carbocycles. The summed E-state index contributed by atoms with van der Waals surface area (Å²) in [5, 5.41) is 14.6. The van der Waals surface area contributed by atoms with Crippen molar-refractivity contribution >= 4 is 0 Å². The summed E-state index contributed by atoms with van der Waals surface area (Å²) in [6.45, 7) is 5.55. The maximum Gasteiger partial charge on any atom is 0.113 e. The highest BCUT2D eigenvalue weighted by molar-refractivity contribution is 5.15. The minimum Gasteiger partial charge on any atom is -0.378 e. The molecule has 0 aromatic heterocycles. The van der Waals surface area contributed by atoms with Crippen LogP contribution in [0.15, 0.2) is 11.6 Å². The zero-order chi connectivity index (χ0) is 18.8. The smallest absolute Gasteiger partial charge is 0.113 e. The average Bonchev–Trinajstić information content (AvgIpc) is 3.01. The first-order valence-corrected chi connectivity index (χ1v) is 11.1. The van der Waals surface area contributed by atoms with Gasteiger partial charge in [-0.25, -0.2) is 0 Å². The van der Waals surface area contributed by atoms with E-state index in [1.807, 2.05) is 7.05 Å². The monoisotopic (exact) mass is 377 g/mol. The van der Waals surface area contributed by atoms with Gasteiger partial charge in [-0.2, -0.15) is 0 Å². The second-order valence-electron chi connectivity index (χ2n) is 9.19. The second-order valence-corrected chi connectivity index (χ2v) is 9.19. The maximum absolute atomic E-state index is 6.18. The fourth-order valence-electron chi connectivity index (χ4n) is 5.70. The highest BCUT2D eigenvalue weighted by Gasteiger charge is 2.43. The van der Waals surface area contributed by atoms with Crippen LogP contribution < -0.4 is 21.3 Å². The second kappa shape index (κ2) is 8.89. The summed E-state index contributed by atoms with van der Waals surface area (Å²) < 4.78 is 6.18. The maximum atomic E-state index is 6.18.